The van der Waals surface area contributed by atoms with Gasteiger partial charge < -0.3 is 25.0 Å². The summed E-state index contributed by atoms with van der Waals surface area (Å²) in [6.07, 6.45) is 3.06. The largest absolute Gasteiger partial charge is 0.444 e. The predicted molar refractivity (Wildman–Crippen MR) is 110 cm³/mol. The van der Waals surface area contributed by atoms with Crippen LogP contribution in [-0.4, -0.2) is 69.0 Å². The second-order valence-electron chi connectivity index (χ2n) is 8.69. The third kappa shape index (κ3) is 9.84. The first kappa shape index (κ1) is 23.5. The van der Waals surface area contributed by atoms with Crippen LogP contribution in [0.2, 0.25) is 0 Å². The van der Waals surface area contributed by atoms with Gasteiger partial charge >= 0.3 is 6.09 Å². The Morgan fingerprint density at radius 1 is 1.30 bits per heavy atom. The number of rotatable bonds is 7. The van der Waals surface area contributed by atoms with Crippen LogP contribution in [0.15, 0.2) is 4.99 Å². The Hall–Kier alpha value is -1.50. The molecule has 1 heterocycles. The monoisotopic (exact) mass is 384 g/mol. The highest BCUT2D eigenvalue weighted by Gasteiger charge is 2.22. The van der Waals surface area contributed by atoms with Crippen molar-refractivity contribution in [3.63, 3.8) is 0 Å². The lowest BCUT2D eigenvalue weighted by Gasteiger charge is -2.29. The fraction of sp³-hybridized carbons (Fsp3) is 0.900. The van der Waals surface area contributed by atoms with Crippen molar-refractivity contribution in [3.8, 4) is 0 Å². The second-order valence-corrected chi connectivity index (χ2v) is 8.69. The quantitative estimate of drug-likeness (QED) is 0.521. The summed E-state index contributed by atoms with van der Waals surface area (Å²) in [7, 11) is 3.85. The molecule has 1 aliphatic rings. The first-order valence-corrected chi connectivity index (χ1v) is 10.1. The molecule has 1 rings (SSSR count). The van der Waals surface area contributed by atoms with Crippen LogP contribution in [0.4, 0.5) is 4.79 Å². The first-order valence-electron chi connectivity index (χ1n) is 10.1. The maximum absolute atomic E-state index is 12.1. The van der Waals surface area contributed by atoms with Crippen LogP contribution in [-0.2, 0) is 9.47 Å². The highest BCUT2D eigenvalue weighted by atomic mass is 16.6. The number of hydrogen-bond acceptors (Lipinski definition) is 4. The van der Waals surface area contributed by atoms with Crippen LogP contribution in [0.3, 0.4) is 0 Å². The van der Waals surface area contributed by atoms with E-state index in [1.165, 1.54) is 0 Å². The van der Waals surface area contributed by atoms with E-state index < -0.39 is 5.60 Å². The lowest BCUT2D eigenvalue weighted by Crippen LogP contribution is -2.50. The minimum atomic E-state index is -0.501. The molecule has 1 saturated heterocycles. The van der Waals surface area contributed by atoms with Gasteiger partial charge in [0.25, 0.3) is 0 Å². The molecule has 0 radical (unpaired) electrons. The Bertz CT molecular complexity index is 468. The molecule has 1 amide bonds. The summed E-state index contributed by atoms with van der Waals surface area (Å²) in [6, 6.07) is -0.0412. The van der Waals surface area contributed by atoms with Gasteiger partial charge in [-0.05, 0) is 51.9 Å². The Kier molecular flexibility index (Phi) is 9.91. The number of nitrogens with zero attached hydrogens (tertiary/aromatic N) is 2. The molecular weight excluding hydrogens is 344 g/mol. The molecule has 0 spiro atoms. The van der Waals surface area contributed by atoms with Gasteiger partial charge in [0.2, 0.25) is 0 Å². The van der Waals surface area contributed by atoms with Gasteiger partial charge in [-0.15, -0.1) is 0 Å². The number of nitrogens with one attached hydrogen (secondary N) is 2. The lowest BCUT2D eigenvalue weighted by molar-refractivity contribution is 0.0491. The van der Waals surface area contributed by atoms with Gasteiger partial charge in [0.15, 0.2) is 5.96 Å². The fourth-order valence-electron chi connectivity index (χ4n) is 3.02. The van der Waals surface area contributed by atoms with Gasteiger partial charge in [0.05, 0.1) is 6.04 Å². The summed E-state index contributed by atoms with van der Waals surface area (Å²) in [5, 5.41) is 6.35. The zero-order valence-corrected chi connectivity index (χ0v) is 18.3. The van der Waals surface area contributed by atoms with Crippen molar-refractivity contribution in [3.05, 3.63) is 0 Å². The van der Waals surface area contributed by atoms with E-state index in [0.717, 1.165) is 50.9 Å². The molecule has 27 heavy (non-hydrogen) atoms. The predicted octanol–water partition coefficient (Wildman–Crippen LogP) is 2.86. The van der Waals surface area contributed by atoms with Crippen LogP contribution in [0, 0.1) is 11.8 Å². The minimum Gasteiger partial charge on any atom is -0.444 e. The van der Waals surface area contributed by atoms with Crippen LogP contribution in [0.25, 0.3) is 0 Å². The average Bonchev–Trinajstić information content (AvgIpc) is 2.58. The van der Waals surface area contributed by atoms with E-state index >= 15 is 0 Å². The second kappa shape index (κ2) is 11.4. The molecule has 0 aromatic heterocycles. The molecular formula is C20H40N4O3. The number of ether oxygens (including phenoxy) is 2. The van der Waals surface area contributed by atoms with Gasteiger partial charge in [-0.25, -0.2) is 4.79 Å². The highest BCUT2D eigenvalue weighted by Crippen LogP contribution is 2.18. The van der Waals surface area contributed by atoms with Crippen LogP contribution in [0.5, 0.6) is 0 Å². The van der Waals surface area contributed by atoms with Crippen LogP contribution in [0.1, 0.15) is 53.9 Å². The molecule has 0 saturated carbocycles. The Morgan fingerprint density at radius 3 is 2.44 bits per heavy atom. The Labute approximate surface area is 165 Å². The van der Waals surface area contributed by atoms with E-state index in [1.54, 1.807) is 7.05 Å². The molecule has 1 fully saturated rings. The van der Waals surface area contributed by atoms with E-state index in [2.05, 4.69) is 41.4 Å². The third-order valence-electron chi connectivity index (χ3n) is 4.77. The maximum atomic E-state index is 12.1. The zero-order valence-electron chi connectivity index (χ0n) is 18.3. The molecule has 0 aromatic carbocycles. The molecule has 7 heteroatoms. The molecule has 0 aromatic rings. The topological polar surface area (TPSA) is 75.2 Å². The van der Waals surface area contributed by atoms with Crippen molar-refractivity contribution in [1.82, 2.24) is 15.5 Å². The summed E-state index contributed by atoms with van der Waals surface area (Å²) >= 11 is 0. The number of amides is 1. The van der Waals surface area contributed by atoms with Crippen LogP contribution >= 0.6 is 0 Å². The molecule has 0 bridgehead atoms. The Balaban J connectivity index is 2.47. The summed E-state index contributed by atoms with van der Waals surface area (Å²) in [5.41, 5.74) is -0.501. The summed E-state index contributed by atoms with van der Waals surface area (Å²) in [5.74, 6) is 1.85. The SMILES string of the molecule is CN=C(NCC(NC(=O)OC(C)(C)C)C(C)C)N(C)CCC1CCOCC1. The van der Waals surface area contributed by atoms with E-state index in [4.69, 9.17) is 9.47 Å². The van der Waals surface area contributed by atoms with Crippen molar-refractivity contribution >= 4 is 12.1 Å². The molecule has 1 aliphatic heterocycles. The average molecular weight is 385 g/mol. The number of carbonyl (C=O) groups is 1. The van der Waals surface area contributed by atoms with Gasteiger partial charge in [-0.3, -0.25) is 4.99 Å². The smallest absolute Gasteiger partial charge is 0.407 e. The van der Waals surface area contributed by atoms with Crippen LogP contribution < -0.4 is 10.6 Å². The van der Waals surface area contributed by atoms with Gasteiger partial charge in [0.1, 0.15) is 5.60 Å². The first-order chi connectivity index (χ1) is 12.6. The highest BCUT2D eigenvalue weighted by molar-refractivity contribution is 5.79. The number of alkyl carbamates (subject to hydrolysis) is 1. The zero-order chi connectivity index (χ0) is 20.4. The standard InChI is InChI=1S/C20H40N4O3/c1-15(2)17(23-19(25)27-20(3,4)5)14-22-18(21-6)24(7)11-8-16-9-12-26-13-10-16/h15-17H,8-14H2,1-7H3,(H,21,22)(H,23,25). The molecule has 1 unspecified atom stereocenters. The summed E-state index contributed by atoms with van der Waals surface area (Å²) in [4.78, 5) is 18.6. The lowest BCUT2D eigenvalue weighted by atomic mass is 9.96. The van der Waals surface area contributed by atoms with Gasteiger partial charge in [-0.2, -0.15) is 0 Å². The molecule has 158 valence electrons. The maximum Gasteiger partial charge on any atom is 0.407 e. The van der Waals surface area contributed by atoms with Gasteiger partial charge in [0, 0.05) is 40.4 Å². The van der Waals surface area contributed by atoms with E-state index in [9.17, 15) is 4.79 Å². The molecule has 7 nitrogen and oxygen atoms in total. The fourth-order valence-corrected chi connectivity index (χ4v) is 3.02. The normalized spacial score (nSPS) is 17.6. The third-order valence-corrected chi connectivity index (χ3v) is 4.77. The summed E-state index contributed by atoms with van der Waals surface area (Å²) < 4.78 is 10.8. The minimum absolute atomic E-state index is 0.0412. The van der Waals surface area contributed by atoms with Crippen molar-refractivity contribution in [2.75, 3.05) is 40.4 Å². The van der Waals surface area contributed by atoms with Crippen molar-refractivity contribution in [2.45, 2.75) is 65.5 Å². The van der Waals surface area contributed by atoms with E-state index in [1.807, 2.05) is 20.8 Å². The summed E-state index contributed by atoms with van der Waals surface area (Å²) in [6.45, 7) is 13.1. The number of hydrogen-bond donors (Lipinski definition) is 2. The van der Waals surface area contributed by atoms with Gasteiger partial charge in [-0.1, -0.05) is 13.8 Å². The molecule has 0 aliphatic carbocycles. The van der Waals surface area contributed by atoms with E-state index in [0.29, 0.717) is 6.54 Å². The molecule has 1 atom stereocenters. The number of aliphatic imine (C=N–C) groups is 1. The number of guanidine groups is 1. The number of carbonyl (C=O) groups excluding carboxylic acids is 1. The van der Waals surface area contributed by atoms with Crippen molar-refractivity contribution in [2.24, 2.45) is 16.8 Å². The van der Waals surface area contributed by atoms with Crippen molar-refractivity contribution in [1.29, 1.82) is 0 Å². The molecule has 2 N–H and O–H groups in total. The van der Waals surface area contributed by atoms with E-state index in [-0.39, 0.29) is 18.1 Å². The van der Waals surface area contributed by atoms with Crippen molar-refractivity contribution < 1.29 is 14.3 Å². The Morgan fingerprint density at radius 2 is 1.93 bits per heavy atom.